The second-order valence-electron chi connectivity index (χ2n) is 3.80. The van der Waals surface area contributed by atoms with E-state index < -0.39 is 11.9 Å². The fourth-order valence-electron chi connectivity index (χ4n) is 1.44. The SMILES string of the molecule is NC(=O)c1ccc(CSc2csc(C(=O)O)c2)cc1. The van der Waals surface area contributed by atoms with E-state index in [0.29, 0.717) is 10.4 Å². The average Bonchev–Trinajstić information content (AvgIpc) is 2.86. The number of amides is 1. The molecule has 0 saturated heterocycles. The molecule has 4 nitrogen and oxygen atoms in total. The smallest absolute Gasteiger partial charge is 0.345 e. The third-order valence-corrected chi connectivity index (χ3v) is 4.54. The number of hydrogen-bond acceptors (Lipinski definition) is 4. The Kier molecular flexibility index (Phi) is 4.24. The summed E-state index contributed by atoms with van der Waals surface area (Å²) in [5.41, 5.74) is 6.70. The van der Waals surface area contributed by atoms with Crippen molar-refractivity contribution in [2.45, 2.75) is 10.6 Å². The van der Waals surface area contributed by atoms with E-state index in [1.54, 1.807) is 30.0 Å². The third-order valence-electron chi connectivity index (χ3n) is 2.43. The molecule has 0 radical (unpaired) electrons. The monoisotopic (exact) mass is 293 g/mol. The highest BCUT2D eigenvalue weighted by Crippen LogP contribution is 2.27. The van der Waals surface area contributed by atoms with Gasteiger partial charge in [0.05, 0.1) is 0 Å². The molecule has 1 aromatic carbocycles. The predicted molar refractivity (Wildman–Crippen MR) is 75.8 cm³/mol. The molecule has 0 unspecified atom stereocenters. The summed E-state index contributed by atoms with van der Waals surface area (Å²) in [6, 6.07) is 8.73. The second kappa shape index (κ2) is 5.90. The Morgan fingerprint density at radius 3 is 2.47 bits per heavy atom. The normalized spacial score (nSPS) is 10.3. The van der Waals surface area contributed by atoms with Gasteiger partial charge in [0.15, 0.2) is 0 Å². The number of benzene rings is 1. The lowest BCUT2D eigenvalue weighted by atomic mass is 10.1. The minimum absolute atomic E-state index is 0.339. The van der Waals surface area contributed by atoms with Crippen molar-refractivity contribution in [2.75, 3.05) is 0 Å². The Bertz CT molecular complexity index is 605. The van der Waals surface area contributed by atoms with Gasteiger partial charge in [-0.05, 0) is 23.8 Å². The summed E-state index contributed by atoms with van der Waals surface area (Å²) in [6.45, 7) is 0. The lowest BCUT2D eigenvalue weighted by Gasteiger charge is -2.01. The topological polar surface area (TPSA) is 80.4 Å². The molecule has 0 aliphatic carbocycles. The third kappa shape index (κ3) is 3.59. The standard InChI is InChI=1S/C13H11NO3S2/c14-12(15)9-3-1-8(2-4-9)6-18-10-5-11(13(16)17)19-7-10/h1-5,7H,6H2,(H2,14,15)(H,16,17). The molecule has 0 fully saturated rings. The number of carbonyl (C=O) groups is 2. The minimum atomic E-state index is -0.900. The number of carboxylic acids is 1. The lowest BCUT2D eigenvalue weighted by Crippen LogP contribution is -2.10. The summed E-state index contributed by atoms with van der Waals surface area (Å²) < 4.78 is 0. The molecule has 2 aromatic rings. The first kappa shape index (κ1) is 13.6. The van der Waals surface area contributed by atoms with Crippen LogP contribution in [0.25, 0.3) is 0 Å². The maximum atomic E-state index is 10.9. The Labute approximate surface area is 118 Å². The van der Waals surface area contributed by atoms with E-state index in [1.807, 2.05) is 17.5 Å². The van der Waals surface area contributed by atoms with Crippen molar-refractivity contribution in [1.82, 2.24) is 0 Å². The van der Waals surface area contributed by atoms with Crippen molar-refractivity contribution >= 4 is 35.0 Å². The molecule has 19 heavy (non-hydrogen) atoms. The number of thiophene rings is 1. The van der Waals surface area contributed by atoms with Gasteiger partial charge in [0.2, 0.25) is 5.91 Å². The Balaban J connectivity index is 1.97. The molecule has 0 saturated carbocycles. The number of carbonyl (C=O) groups excluding carboxylic acids is 1. The van der Waals surface area contributed by atoms with E-state index in [-0.39, 0.29) is 0 Å². The fourth-order valence-corrected chi connectivity index (χ4v) is 3.26. The van der Waals surface area contributed by atoms with Crippen molar-refractivity contribution in [2.24, 2.45) is 5.73 Å². The van der Waals surface area contributed by atoms with Gasteiger partial charge in [-0.15, -0.1) is 23.1 Å². The van der Waals surface area contributed by atoms with Crippen LogP contribution in [0, 0.1) is 0 Å². The van der Waals surface area contributed by atoms with Crippen LogP contribution in [0.2, 0.25) is 0 Å². The summed E-state index contributed by atoms with van der Waals surface area (Å²) in [6.07, 6.45) is 0. The van der Waals surface area contributed by atoms with Crippen LogP contribution in [0.15, 0.2) is 40.6 Å². The molecule has 0 atom stereocenters. The van der Waals surface area contributed by atoms with Gasteiger partial charge in [-0.3, -0.25) is 4.79 Å². The fraction of sp³-hybridized carbons (Fsp3) is 0.0769. The first-order valence-corrected chi connectivity index (χ1v) is 7.26. The number of carboxylic acid groups (broad SMARTS) is 1. The number of nitrogens with two attached hydrogens (primary N) is 1. The summed E-state index contributed by atoms with van der Waals surface area (Å²) in [5.74, 6) is -0.625. The number of aromatic carboxylic acids is 1. The molecule has 1 heterocycles. The molecule has 1 aromatic heterocycles. The van der Waals surface area contributed by atoms with E-state index in [0.717, 1.165) is 16.2 Å². The van der Waals surface area contributed by atoms with E-state index in [9.17, 15) is 9.59 Å². The number of hydrogen-bond donors (Lipinski definition) is 2. The molecule has 0 bridgehead atoms. The number of rotatable bonds is 5. The van der Waals surface area contributed by atoms with Crippen LogP contribution in [0.4, 0.5) is 0 Å². The zero-order valence-electron chi connectivity index (χ0n) is 9.83. The highest BCUT2D eigenvalue weighted by molar-refractivity contribution is 7.98. The van der Waals surface area contributed by atoms with Gasteiger partial charge < -0.3 is 10.8 Å². The van der Waals surface area contributed by atoms with E-state index in [1.165, 1.54) is 11.3 Å². The van der Waals surface area contributed by atoms with Crippen molar-refractivity contribution in [1.29, 1.82) is 0 Å². The molecule has 1 amide bonds. The van der Waals surface area contributed by atoms with Crippen molar-refractivity contribution in [3.8, 4) is 0 Å². The van der Waals surface area contributed by atoms with Crippen molar-refractivity contribution in [3.63, 3.8) is 0 Å². The van der Waals surface area contributed by atoms with Crippen molar-refractivity contribution < 1.29 is 14.7 Å². The van der Waals surface area contributed by atoms with Gasteiger partial charge in [0.25, 0.3) is 0 Å². The minimum Gasteiger partial charge on any atom is -0.477 e. The van der Waals surface area contributed by atoms with Gasteiger partial charge in [-0.25, -0.2) is 4.79 Å². The van der Waals surface area contributed by atoms with Crippen LogP contribution in [0.5, 0.6) is 0 Å². The highest BCUT2D eigenvalue weighted by atomic mass is 32.2. The van der Waals surface area contributed by atoms with Crippen LogP contribution >= 0.6 is 23.1 Å². The van der Waals surface area contributed by atoms with Crippen molar-refractivity contribution in [3.05, 3.63) is 51.7 Å². The van der Waals surface area contributed by atoms with Gasteiger partial charge in [0, 0.05) is 21.6 Å². The van der Waals surface area contributed by atoms with Gasteiger partial charge in [-0.1, -0.05) is 12.1 Å². The molecule has 6 heteroatoms. The van der Waals surface area contributed by atoms with Crippen LogP contribution in [0.1, 0.15) is 25.6 Å². The molecule has 2 rings (SSSR count). The lowest BCUT2D eigenvalue weighted by molar-refractivity contribution is 0.0701. The Morgan fingerprint density at radius 1 is 1.26 bits per heavy atom. The Morgan fingerprint density at radius 2 is 1.95 bits per heavy atom. The molecular weight excluding hydrogens is 282 g/mol. The van der Waals surface area contributed by atoms with Gasteiger partial charge in [0.1, 0.15) is 4.88 Å². The highest BCUT2D eigenvalue weighted by Gasteiger charge is 2.07. The van der Waals surface area contributed by atoms with Gasteiger partial charge in [-0.2, -0.15) is 0 Å². The van der Waals surface area contributed by atoms with Crippen LogP contribution in [0.3, 0.4) is 0 Å². The first-order valence-electron chi connectivity index (χ1n) is 5.39. The number of primary amides is 1. The van der Waals surface area contributed by atoms with E-state index in [2.05, 4.69) is 0 Å². The molecule has 3 N–H and O–H groups in total. The van der Waals surface area contributed by atoms with Crippen LogP contribution < -0.4 is 5.73 Å². The zero-order chi connectivity index (χ0) is 13.8. The summed E-state index contributed by atoms with van der Waals surface area (Å²) in [7, 11) is 0. The average molecular weight is 293 g/mol. The molecule has 0 aliphatic heterocycles. The number of thioether (sulfide) groups is 1. The molecule has 0 spiro atoms. The predicted octanol–water partition coefficient (Wildman–Crippen LogP) is 2.84. The summed E-state index contributed by atoms with van der Waals surface area (Å²) in [5, 5.41) is 10.6. The summed E-state index contributed by atoms with van der Waals surface area (Å²) in [4.78, 5) is 22.9. The molecule has 0 aliphatic rings. The van der Waals surface area contributed by atoms with E-state index in [4.69, 9.17) is 10.8 Å². The van der Waals surface area contributed by atoms with Crippen LogP contribution in [-0.4, -0.2) is 17.0 Å². The molecule has 98 valence electrons. The molecular formula is C13H11NO3S2. The quantitative estimate of drug-likeness (QED) is 0.831. The van der Waals surface area contributed by atoms with Crippen LogP contribution in [-0.2, 0) is 5.75 Å². The van der Waals surface area contributed by atoms with E-state index >= 15 is 0 Å². The van der Waals surface area contributed by atoms with Gasteiger partial charge >= 0.3 is 5.97 Å². The second-order valence-corrected chi connectivity index (χ2v) is 5.76. The first-order chi connectivity index (χ1) is 9.06. The Hall–Kier alpha value is -1.79. The summed E-state index contributed by atoms with van der Waals surface area (Å²) >= 11 is 2.77. The largest absolute Gasteiger partial charge is 0.477 e. The maximum absolute atomic E-state index is 10.9. The maximum Gasteiger partial charge on any atom is 0.345 e. The zero-order valence-corrected chi connectivity index (χ0v) is 11.5.